The molecule has 1 heterocycles. The van der Waals surface area contributed by atoms with Crippen molar-refractivity contribution in [3.8, 4) is 17.4 Å². The average molecular weight is 391 g/mol. The van der Waals surface area contributed by atoms with Gasteiger partial charge in [0.2, 0.25) is 5.88 Å². The summed E-state index contributed by atoms with van der Waals surface area (Å²) in [5.41, 5.74) is 0.893. The first kappa shape index (κ1) is 19.9. The zero-order valence-electron chi connectivity index (χ0n) is 16.2. The van der Waals surface area contributed by atoms with Crippen molar-refractivity contribution in [3.05, 3.63) is 78.5 Å². The summed E-state index contributed by atoms with van der Waals surface area (Å²) in [5.74, 6) is 0.866. The molecule has 7 heteroatoms. The van der Waals surface area contributed by atoms with Gasteiger partial charge < -0.3 is 19.7 Å². The van der Waals surface area contributed by atoms with Crippen LogP contribution in [0.4, 0.5) is 5.69 Å². The van der Waals surface area contributed by atoms with Gasteiger partial charge in [-0.25, -0.2) is 4.98 Å². The third-order valence-electron chi connectivity index (χ3n) is 3.95. The van der Waals surface area contributed by atoms with Crippen molar-refractivity contribution in [1.29, 1.82) is 0 Å². The molecule has 0 aliphatic rings. The van der Waals surface area contributed by atoms with E-state index in [0.29, 0.717) is 22.7 Å². The van der Waals surface area contributed by atoms with Crippen molar-refractivity contribution in [2.24, 2.45) is 0 Å². The van der Waals surface area contributed by atoms with E-state index in [1.54, 1.807) is 68.8 Å². The zero-order chi connectivity index (χ0) is 20.6. The van der Waals surface area contributed by atoms with Crippen LogP contribution >= 0.6 is 0 Å². The third-order valence-corrected chi connectivity index (χ3v) is 3.95. The lowest BCUT2D eigenvalue weighted by atomic mass is 10.2. The van der Waals surface area contributed by atoms with Crippen LogP contribution in [0.2, 0.25) is 0 Å². The zero-order valence-corrected chi connectivity index (χ0v) is 16.2. The number of para-hydroxylation sites is 1. The molecule has 148 valence electrons. The van der Waals surface area contributed by atoms with Gasteiger partial charge in [0.1, 0.15) is 17.1 Å². The summed E-state index contributed by atoms with van der Waals surface area (Å²) in [6.45, 7) is -0.0470. The molecule has 0 saturated heterocycles. The quantitative estimate of drug-likeness (QED) is 0.666. The number of nitrogens with zero attached hydrogens (tertiary/aromatic N) is 2. The summed E-state index contributed by atoms with van der Waals surface area (Å²) in [6.07, 6.45) is 1.57. The molecule has 0 saturated carbocycles. The lowest BCUT2D eigenvalue weighted by Gasteiger charge is -2.12. The predicted octanol–water partition coefficient (Wildman–Crippen LogP) is 3.59. The lowest BCUT2D eigenvalue weighted by Crippen LogP contribution is -2.27. The van der Waals surface area contributed by atoms with Crippen molar-refractivity contribution in [1.82, 2.24) is 9.88 Å². The van der Waals surface area contributed by atoms with Crippen LogP contribution in [-0.4, -0.2) is 42.4 Å². The molecule has 0 spiro atoms. The molecule has 0 unspecified atom stereocenters. The topological polar surface area (TPSA) is 80.8 Å². The van der Waals surface area contributed by atoms with Gasteiger partial charge in [0.25, 0.3) is 11.8 Å². The maximum atomic E-state index is 12.7. The van der Waals surface area contributed by atoms with Crippen molar-refractivity contribution < 1.29 is 19.1 Å². The highest BCUT2D eigenvalue weighted by atomic mass is 16.5. The number of likely N-dealkylation sites (N-methyl/N-ethyl adjacent to an activating group) is 1. The van der Waals surface area contributed by atoms with Crippen LogP contribution < -0.4 is 14.8 Å². The van der Waals surface area contributed by atoms with E-state index in [2.05, 4.69) is 10.3 Å². The number of anilines is 1. The lowest BCUT2D eigenvalue weighted by molar-refractivity contribution is -0.130. The van der Waals surface area contributed by atoms with E-state index < -0.39 is 0 Å². The number of rotatable bonds is 7. The van der Waals surface area contributed by atoms with Gasteiger partial charge in [-0.15, -0.1) is 0 Å². The second-order valence-corrected chi connectivity index (χ2v) is 6.33. The normalized spacial score (nSPS) is 10.1. The number of nitrogens with one attached hydrogen (secondary N) is 1. The molecule has 0 fully saturated rings. The van der Waals surface area contributed by atoms with Crippen LogP contribution in [0.5, 0.6) is 17.4 Å². The number of carbonyl (C=O) groups is 2. The van der Waals surface area contributed by atoms with E-state index in [0.717, 1.165) is 0 Å². The van der Waals surface area contributed by atoms with E-state index in [9.17, 15) is 9.59 Å². The third kappa shape index (κ3) is 5.55. The van der Waals surface area contributed by atoms with Gasteiger partial charge in [0.15, 0.2) is 6.61 Å². The minimum atomic E-state index is -0.347. The average Bonchev–Trinajstić information content (AvgIpc) is 2.74. The first-order valence-electron chi connectivity index (χ1n) is 8.95. The van der Waals surface area contributed by atoms with Gasteiger partial charge in [0.05, 0.1) is 0 Å². The van der Waals surface area contributed by atoms with E-state index in [-0.39, 0.29) is 24.3 Å². The highest BCUT2D eigenvalue weighted by molar-refractivity contribution is 6.05. The number of ether oxygens (including phenoxy) is 2. The summed E-state index contributed by atoms with van der Waals surface area (Å²) < 4.78 is 11.2. The van der Waals surface area contributed by atoms with Gasteiger partial charge in [-0.2, -0.15) is 0 Å². The first-order valence-corrected chi connectivity index (χ1v) is 8.95. The van der Waals surface area contributed by atoms with E-state index in [4.69, 9.17) is 9.47 Å². The van der Waals surface area contributed by atoms with Crippen LogP contribution in [0.1, 0.15) is 10.4 Å². The molecule has 2 aromatic carbocycles. The Bertz CT molecular complexity index is 973. The van der Waals surface area contributed by atoms with Gasteiger partial charge in [-0.3, -0.25) is 9.59 Å². The molecule has 7 nitrogen and oxygen atoms in total. The Labute approximate surface area is 168 Å². The Morgan fingerprint density at radius 1 is 0.931 bits per heavy atom. The van der Waals surface area contributed by atoms with Crippen LogP contribution in [0, 0.1) is 0 Å². The Kier molecular flexibility index (Phi) is 6.42. The largest absolute Gasteiger partial charge is 0.484 e. The molecule has 3 rings (SSSR count). The number of carbonyl (C=O) groups excluding carboxylic acids is 2. The highest BCUT2D eigenvalue weighted by Crippen LogP contribution is 2.24. The molecule has 1 aromatic heterocycles. The smallest absolute Gasteiger partial charge is 0.261 e. The van der Waals surface area contributed by atoms with E-state index in [1.165, 1.54) is 4.90 Å². The maximum absolute atomic E-state index is 12.7. The molecular weight excluding hydrogens is 370 g/mol. The van der Waals surface area contributed by atoms with E-state index >= 15 is 0 Å². The number of hydrogen-bond donors (Lipinski definition) is 1. The fraction of sp³-hybridized carbons (Fsp3) is 0.136. The molecule has 0 atom stereocenters. The Balaban J connectivity index is 1.65. The minimum Gasteiger partial charge on any atom is -0.484 e. The van der Waals surface area contributed by atoms with Gasteiger partial charge >= 0.3 is 0 Å². The molecule has 29 heavy (non-hydrogen) atoms. The summed E-state index contributed by atoms with van der Waals surface area (Å²) in [4.78, 5) is 29.9. The number of pyridine rings is 1. The molecule has 0 bridgehead atoms. The summed E-state index contributed by atoms with van der Waals surface area (Å²) >= 11 is 0. The van der Waals surface area contributed by atoms with Crippen molar-refractivity contribution in [3.63, 3.8) is 0 Å². The van der Waals surface area contributed by atoms with Crippen LogP contribution in [0.15, 0.2) is 72.9 Å². The molecule has 1 N–H and O–H groups in total. The number of benzene rings is 2. The predicted molar refractivity (Wildman–Crippen MR) is 109 cm³/mol. The monoisotopic (exact) mass is 391 g/mol. The minimum absolute atomic E-state index is 0.0470. The standard InChI is InChI=1S/C22H21N3O4/c1-25(2)20(26)15-28-17-12-10-16(11-13-17)24-21(27)19-9-6-14-23-22(19)29-18-7-4-3-5-8-18/h3-14H,15H2,1-2H3,(H,24,27). The van der Waals surface area contributed by atoms with Crippen LogP contribution in [0.25, 0.3) is 0 Å². The molecule has 0 radical (unpaired) electrons. The Hall–Kier alpha value is -3.87. The van der Waals surface area contributed by atoms with Crippen molar-refractivity contribution >= 4 is 17.5 Å². The molecule has 0 aliphatic heterocycles. The second kappa shape index (κ2) is 9.36. The first-order chi connectivity index (χ1) is 14.0. The molecular formula is C22H21N3O4. The van der Waals surface area contributed by atoms with Crippen LogP contribution in [0.3, 0.4) is 0 Å². The highest BCUT2D eigenvalue weighted by Gasteiger charge is 2.15. The Morgan fingerprint density at radius 2 is 1.66 bits per heavy atom. The van der Waals surface area contributed by atoms with Crippen molar-refractivity contribution in [2.75, 3.05) is 26.0 Å². The molecule has 3 aromatic rings. The van der Waals surface area contributed by atoms with Crippen molar-refractivity contribution in [2.45, 2.75) is 0 Å². The van der Waals surface area contributed by atoms with Gasteiger partial charge in [0, 0.05) is 26.0 Å². The van der Waals surface area contributed by atoms with Crippen LogP contribution in [-0.2, 0) is 4.79 Å². The van der Waals surface area contributed by atoms with Gasteiger partial charge in [-0.1, -0.05) is 18.2 Å². The summed E-state index contributed by atoms with van der Waals surface area (Å²) in [6, 6.07) is 19.2. The maximum Gasteiger partial charge on any atom is 0.261 e. The fourth-order valence-electron chi connectivity index (χ4n) is 2.35. The second-order valence-electron chi connectivity index (χ2n) is 6.33. The van der Waals surface area contributed by atoms with Gasteiger partial charge in [-0.05, 0) is 48.5 Å². The SMILES string of the molecule is CN(C)C(=O)COc1ccc(NC(=O)c2cccnc2Oc2ccccc2)cc1. The fourth-order valence-corrected chi connectivity index (χ4v) is 2.35. The summed E-state index contributed by atoms with van der Waals surface area (Å²) in [5, 5.41) is 2.81. The Morgan fingerprint density at radius 3 is 2.34 bits per heavy atom. The number of hydrogen-bond acceptors (Lipinski definition) is 5. The van der Waals surface area contributed by atoms with E-state index in [1.807, 2.05) is 18.2 Å². The number of aromatic nitrogens is 1. The molecule has 0 aliphatic carbocycles. The molecule has 2 amide bonds. The number of amides is 2. The summed E-state index contributed by atoms with van der Waals surface area (Å²) in [7, 11) is 3.33.